The summed E-state index contributed by atoms with van der Waals surface area (Å²) in [5, 5.41) is 10.7. The van der Waals surface area contributed by atoms with E-state index in [0.717, 1.165) is 5.56 Å². The highest BCUT2D eigenvalue weighted by atomic mass is 16.6. The maximum atomic E-state index is 11.9. The molecule has 0 bridgehead atoms. The minimum Gasteiger partial charge on any atom is -0.423 e. The van der Waals surface area contributed by atoms with Gasteiger partial charge in [0.1, 0.15) is 5.75 Å². The van der Waals surface area contributed by atoms with Crippen LogP contribution < -0.4 is 4.74 Å². The molecule has 0 saturated carbocycles. The number of carbonyl (C=O) groups excluding carboxylic acids is 1. The molecule has 24 heavy (non-hydrogen) atoms. The van der Waals surface area contributed by atoms with E-state index in [0.29, 0.717) is 17.2 Å². The minimum absolute atomic E-state index is 0.0228. The van der Waals surface area contributed by atoms with Crippen molar-refractivity contribution in [2.75, 3.05) is 0 Å². The van der Waals surface area contributed by atoms with E-state index in [2.05, 4.69) is 13.8 Å². The SMILES string of the molecule is Cc1cc(OC(=O)/C=C/c2cccc([N+](=O)[O-])c2)ccc1C(C)C. The fraction of sp³-hybridized carbons (Fsp3) is 0.211. The normalized spacial score (nSPS) is 11.0. The Morgan fingerprint density at radius 1 is 1.21 bits per heavy atom. The number of nitro groups is 1. The Bertz CT molecular complexity index is 794. The van der Waals surface area contributed by atoms with Gasteiger partial charge in [-0.15, -0.1) is 0 Å². The van der Waals surface area contributed by atoms with Gasteiger partial charge in [0.05, 0.1) is 4.92 Å². The Hall–Kier alpha value is -2.95. The quantitative estimate of drug-likeness (QED) is 0.264. The molecule has 0 saturated heterocycles. The largest absolute Gasteiger partial charge is 0.423 e. The monoisotopic (exact) mass is 325 g/mol. The van der Waals surface area contributed by atoms with E-state index in [1.807, 2.05) is 19.1 Å². The van der Waals surface area contributed by atoms with Crippen molar-refractivity contribution in [3.63, 3.8) is 0 Å². The second-order valence-electron chi connectivity index (χ2n) is 5.78. The molecule has 2 aromatic rings. The van der Waals surface area contributed by atoms with Crippen LogP contribution in [0.5, 0.6) is 5.75 Å². The van der Waals surface area contributed by atoms with Gasteiger partial charge < -0.3 is 4.74 Å². The number of non-ortho nitro benzene ring substituents is 1. The summed E-state index contributed by atoms with van der Waals surface area (Å²) in [4.78, 5) is 22.1. The molecule has 2 aromatic carbocycles. The second-order valence-corrected chi connectivity index (χ2v) is 5.78. The van der Waals surface area contributed by atoms with E-state index >= 15 is 0 Å². The molecule has 0 spiro atoms. The number of nitro benzene ring substituents is 1. The Morgan fingerprint density at radius 3 is 2.58 bits per heavy atom. The summed E-state index contributed by atoms with van der Waals surface area (Å²) in [7, 11) is 0. The van der Waals surface area contributed by atoms with Gasteiger partial charge >= 0.3 is 5.97 Å². The van der Waals surface area contributed by atoms with Crippen molar-refractivity contribution in [2.24, 2.45) is 0 Å². The van der Waals surface area contributed by atoms with Gasteiger partial charge in [0.2, 0.25) is 0 Å². The molecule has 0 aliphatic rings. The zero-order valence-electron chi connectivity index (χ0n) is 13.9. The summed E-state index contributed by atoms with van der Waals surface area (Å²) in [6, 6.07) is 11.6. The highest BCUT2D eigenvalue weighted by Gasteiger charge is 2.07. The summed E-state index contributed by atoms with van der Waals surface area (Å²) >= 11 is 0. The second kappa shape index (κ2) is 7.55. The van der Waals surface area contributed by atoms with Crippen molar-refractivity contribution in [3.8, 4) is 5.75 Å². The van der Waals surface area contributed by atoms with E-state index in [9.17, 15) is 14.9 Å². The van der Waals surface area contributed by atoms with E-state index in [4.69, 9.17) is 4.74 Å². The van der Waals surface area contributed by atoms with Crippen molar-refractivity contribution in [1.29, 1.82) is 0 Å². The summed E-state index contributed by atoms with van der Waals surface area (Å²) in [5.74, 6) is 0.354. The van der Waals surface area contributed by atoms with Crippen LogP contribution in [0.4, 0.5) is 5.69 Å². The predicted molar refractivity (Wildman–Crippen MR) is 93.0 cm³/mol. The van der Waals surface area contributed by atoms with Gasteiger partial charge in [0.25, 0.3) is 5.69 Å². The van der Waals surface area contributed by atoms with Crippen LogP contribution in [0.25, 0.3) is 6.08 Å². The van der Waals surface area contributed by atoms with Crippen LogP contribution in [0.3, 0.4) is 0 Å². The van der Waals surface area contributed by atoms with Crippen LogP contribution in [0.2, 0.25) is 0 Å². The van der Waals surface area contributed by atoms with Gasteiger partial charge in [-0.1, -0.05) is 32.0 Å². The number of nitrogens with zero attached hydrogens (tertiary/aromatic N) is 1. The standard InChI is InChI=1S/C19H19NO4/c1-13(2)18-9-8-17(11-14(18)3)24-19(21)10-7-15-5-4-6-16(12-15)20(22)23/h4-13H,1-3H3/b10-7+. The van der Waals surface area contributed by atoms with Gasteiger partial charge in [-0.3, -0.25) is 10.1 Å². The first-order valence-electron chi connectivity index (χ1n) is 7.61. The van der Waals surface area contributed by atoms with Gasteiger partial charge in [0, 0.05) is 18.2 Å². The zero-order valence-corrected chi connectivity index (χ0v) is 13.9. The average Bonchev–Trinajstić information content (AvgIpc) is 2.53. The van der Waals surface area contributed by atoms with Crippen molar-refractivity contribution in [3.05, 3.63) is 75.3 Å². The first kappa shape index (κ1) is 17.4. The lowest BCUT2D eigenvalue weighted by Crippen LogP contribution is -2.04. The van der Waals surface area contributed by atoms with Crippen LogP contribution in [0.15, 0.2) is 48.5 Å². The van der Waals surface area contributed by atoms with Crippen LogP contribution in [-0.2, 0) is 4.79 Å². The number of hydrogen-bond acceptors (Lipinski definition) is 4. The van der Waals surface area contributed by atoms with E-state index < -0.39 is 10.9 Å². The van der Waals surface area contributed by atoms with Crippen LogP contribution >= 0.6 is 0 Å². The average molecular weight is 325 g/mol. The number of aryl methyl sites for hydroxylation is 1. The molecule has 124 valence electrons. The molecule has 0 aromatic heterocycles. The van der Waals surface area contributed by atoms with Gasteiger partial charge in [-0.25, -0.2) is 4.79 Å². The van der Waals surface area contributed by atoms with Crippen molar-refractivity contribution in [1.82, 2.24) is 0 Å². The Kier molecular flexibility index (Phi) is 5.47. The maximum absolute atomic E-state index is 11.9. The van der Waals surface area contributed by atoms with Gasteiger partial charge in [-0.2, -0.15) is 0 Å². The molecule has 0 radical (unpaired) electrons. The third-order valence-corrected chi connectivity index (χ3v) is 3.57. The molecule has 0 unspecified atom stereocenters. The van der Waals surface area contributed by atoms with Crippen molar-refractivity contribution < 1.29 is 14.5 Å². The van der Waals surface area contributed by atoms with Gasteiger partial charge in [0.15, 0.2) is 0 Å². The maximum Gasteiger partial charge on any atom is 0.336 e. The van der Waals surface area contributed by atoms with E-state index in [1.165, 1.54) is 29.8 Å². The molecule has 0 atom stereocenters. The molecule has 0 fully saturated rings. The van der Waals surface area contributed by atoms with Crippen molar-refractivity contribution in [2.45, 2.75) is 26.7 Å². The highest BCUT2D eigenvalue weighted by Crippen LogP contribution is 2.23. The third kappa shape index (κ3) is 4.52. The summed E-state index contributed by atoms with van der Waals surface area (Å²) in [6.07, 6.45) is 2.75. The minimum atomic E-state index is -0.529. The molecule has 5 heteroatoms. The lowest BCUT2D eigenvalue weighted by molar-refractivity contribution is -0.384. The number of carbonyl (C=O) groups is 1. The molecule has 0 heterocycles. The smallest absolute Gasteiger partial charge is 0.336 e. The van der Waals surface area contributed by atoms with E-state index in [1.54, 1.807) is 18.2 Å². The third-order valence-electron chi connectivity index (χ3n) is 3.57. The van der Waals surface area contributed by atoms with Crippen LogP contribution in [0.1, 0.15) is 36.5 Å². The Morgan fingerprint density at radius 2 is 1.96 bits per heavy atom. The topological polar surface area (TPSA) is 69.4 Å². The molecule has 0 N–H and O–H groups in total. The summed E-state index contributed by atoms with van der Waals surface area (Å²) in [6.45, 7) is 6.19. The molecular weight excluding hydrogens is 306 g/mol. The number of esters is 1. The predicted octanol–water partition coefficient (Wildman–Crippen LogP) is 4.65. The molecule has 0 aliphatic heterocycles. The zero-order chi connectivity index (χ0) is 17.7. The number of ether oxygens (including phenoxy) is 1. The van der Waals surface area contributed by atoms with Crippen molar-refractivity contribution >= 4 is 17.7 Å². The number of rotatable bonds is 5. The lowest BCUT2D eigenvalue weighted by Gasteiger charge is -2.11. The molecule has 2 rings (SSSR count). The van der Waals surface area contributed by atoms with Crippen LogP contribution in [0, 0.1) is 17.0 Å². The fourth-order valence-corrected chi connectivity index (χ4v) is 2.42. The fourth-order valence-electron chi connectivity index (χ4n) is 2.42. The van der Waals surface area contributed by atoms with E-state index in [-0.39, 0.29) is 5.69 Å². The number of hydrogen-bond donors (Lipinski definition) is 0. The molecular formula is C19H19NO4. The Balaban J connectivity index is 2.06. The first-order chi connectivity index (χ1) is 11.4. The summed E-state index contributed by atoms with van der Waals surface area (Å²) in [5.41, 5.74) is 2.82. The van der Waals surface area contributed by atoms with Crippen LogP contribution in [-0.4, -0.2) is 10.9 Å². The first-order valence-corrected chi connectivity index (χ1v) is 7.61. The molecule has 0 amide bonds. The summed E-state index contributed by atoms with van der Waals surface area (Å²) < 4.78 is 5.27. The number of benzene rings is 2. The Labute approximate surface area is 140 Å². The lowest BCUT2D eigenvalue weighted by atomic mass is 9.98. The molecule has 5 nitrogen and oxygen atoms in total. The molecule has 0 aliphatic carbocycles. The highest BCUT2D eigenvalue weighted by molar-refractivity contribution is 5.88. The van der Waals surface area contributed by atoms with Gasteiger partial charge in [-0.05, 0) is 47.7 Å².